The third-order valence-electron chi connectivity index (χ3n) is 2.73. The fraction of sp³-hybridized carbons (Fsp3) is 0.333. The minimum absolute atomic E-state index is 0.317. The van der Waals surface area contributed by atoms with Crippen molar-refractivity contribution in [2.24, 2.45) is 5.92 Å². The Labute approximate surface area is 103 Å². The Balaban J connectivity index is 2.68. The smallest absolute Gasteiger partial charge is 0.278 e. The van der Waals surface area contributed by atoms with Gasteiger partial charge in [0.25, 0.3) is 5.56 Å². The summed E-state index contributed by atoms with van der Waals surface area (Å²) in [6.45, 7) is 3.37. The first kappa shape index (κ1) is 12.2. The maximum atomic E-state index is 12.1. The van der Waals surface area contributed by atoms with Crippen LogP contribution in [0.4, 0.5) is 0 Å². The normalized spacial score (nSPS) is 12.8. The summed E-state index contributed by atoms with van der Waals surface area (Å²) in [4.78, 5) is 23.2. The number of carbonyl (C=O) groups excluding carboxylic acids is 1. The van der Waals surface area contributed by atoms with Gasteiger partial charge in [-0.25, -0.2) is 4.68 Å². The van der Waals surface area contributed by atoms with Crippen molar-refractivity contribution in [3.63, 3.8) is 0 Å². The first-order valence-corrected chi connectivity index (χ1v) is 5.57. The van der Waals surface area contributed by atoms with E-state index < -0.39 is 17.6 Å². The molecule has 0 saturated carbocycles. The van der Waals surface area contributed by atoms with Gasteiger partial charge in [-0.15, -0.1) is 5.10 Å². The molecule has 0 unspecified atom stereocenters. The number of carboxylic acid groups (broad SMARTS) is 1. The predicted octanol–water partition coefficient (Wildman–Crippen LogP) is -0.262. The Bertz CT molecular complexity index is 648. The number of aromatic nitrogens is 3. The maximum Gasteiger partial charge on any atom is 0.278 e. The van der Waals surface area contributed by atoms with Gasteiger partial charge in [-0.2, -0.15) is 0 Å². The van der Waals surface area contributed by atoms with Crippen LogP contribution in [0, 0.1) is 5.92 Å². The number of rotatable bonds is 3. The lowest BCUT2D eigenvalue weighted by Gasteiger charge is -2.22. The number of hydrogen-bond acceptors (Lipinski definition) is 5. The van der Waals surface area contributed by atoms with Crippen molar-refractivity contribution in [2.45, 2.75) is 19.9 Å². The fourth-order valence-electron chi connectivity index (χ4n) is 1.84. The molecule has 0 aliphatic rings. The molecule has 18 heavy (non-hydrogen) atoms. The Hall–Kier alpha value is -2.24. The Morgan fingerprint density at radius 1 is 1.33 bits per heavy atom. The molecule has 0 amide bonds. The summed E-state index contributed by atoms with van der Waals surface area (Å²) in [7, 11) is 0. The molecule has 6 nitrogen and oxygen atoms in total. The van der Waals surface area contributed by atoms with Crippen molar-refractivity contribution in [1.82, 2.24) is 15.0 Å². The second kappa shape index (κ2) is 4.56. The number of carbonyl (C=O) groups is 1. The van der Waals surface area contributed by atoms with Gasteiger partial charge in [-0.05, 0) is 18.1 Å². The van der Waals surface area contributed by atoms with Crippen molar-refractivity contribution in [3.05, 3.63) is 34.6 Å². The lowest BCUT2D eigenvalue weighted by molar-refractivity contribution is -0.312. The lowest BCUT2D eigenvalue weighted by Crippen LogP contribution is -2.42. The molecule has 1 atom stereocenters. The van der Waals surface area contributed by atoms with Crippen molar-refractivity contribution in [2.75, 3.05) is 0 Å². The van der Waals surface area contributed by atoms with E-state index >= 15 is 0 Å². The summed E-state index contributed by atoms with van der Waals surface area (Å²) in [6.07, 6.45) is 0. The monoisotopic (exact) mass is 246 g/mol. The highest BCUT2D eigenvalue weighted by Crippen LogP contribution is 2.14. The topological polar surface area (TPSA) is 87.9 Å². The maximum absolute atomic E-state index is 12.1. The van der Waals surface area contributed by atoms with E-state index in [-0.39, 0.29) is 5.92 Å². The van der Waals surface area contributed by atoms with Crippen LogP contribution in [-0.4, -0.2) is 21.0 Å². The van der Waals surface area contributed by atoms with Crippen molar-refractivity contribution < 1.29 is 9.90 Å². The molecule has 0 saturated heterocycles. The number of benzene rings is 1. The molecule has 0 N–H and O–H groups in total. The zero-order valence-electron chi connectivity index (χ0n) is 10.0. The van der Waals surface area contributed by atoms with Gasteiger partial charge in [-0.1, -0.05) is 31.2 Å². The standard InChI is InChI=1S/C12H13N3O3/c1-7(2)10(12(17)18)15-11(16)8-5-3-4-6-9(8)13-14-15/h3-7,10H,1-2H3,(H,17,18)/p-1/t10-/m1/s1. The van der Waals surface area contributed by atoms with Crippen LogP contribution >= 0.6 is 0 Å². The minimum atomic E-state index is -1.34. The Morgan fingerprint density at radius 2 is 2.00 bits per heavy atom. The molecular weight excluding hydrogens is 234 g/mol. The Morgan fingerprint density at radius 3 is 2.61 bits per heavy atom. The van der Waals surface area contributed by atoms with Crippen molar-refractivity contribution in [1.29, 1.82) is 0 Å². The Kier molecular flexibility index (Phi) is 3.10. The predicted molar refractivity (Wildman–Crippen MR) is 62.7 cm³/mol. The van der Waals surface area contributed by atoms with Crippen LogP contribution in [0.15, 0.2) is 29.1 Å². The molecule has 6 heteroatoms. The van der Waals surface area contributed by atoms with E-state index in [1.54, 1.807) is 38.1 Å². The van der Waals surface area contributed by atoms with Crippen LogP contribution < -0.4 is 10.7 Å². The molecule has 1 heterocycles. The zero-order chi connectivity index (χ0) is 13.3. The van der Waals surface area contributed by atoms with Gasteiger partial charge in [0.2, 0.25) is 0 Å². The minimum Gasteiger partial charge on any atom is -0.548 e. The number of fused-ring (bicyclic) bond motifs is 1. The van der Waals surface area contributed by atoms with Crippen LogP contribution in [-0.2, 0) is 4.79 Å². The van der Waals surface area contributed by atoms with Crippen LogP contribution in [0.25, 0.3) is 10.9 Å². The number of aliphatic carboxylic acids is 1. The number of nitrogens with zero attached hydrogens (tertiary/aromatic N) is 3. The average molecular weight is 246 g/mol. The summed E-state index contributed by atoms with van der Waals surface area (Å²) >= 11 is 0. The highest BCUT2D eigenvalue weighted by Gasteiger charge is 2.20. The van der Waals surface area contributed by atoms with Gasteiger partial charge in [0, 0.05) is 0 Å². The molecule has 2 aromatic rings. The highest BCUT2D eigenvalue weighted by molar-refractivity contribution is 5.77. The van der Waals surface area contributed by atoms with Gasteiger partial charge in [0.15, 0.2) is 0 Å². The largest absolute Gasteiger partial charge is 0.548 e. The van der Waals surface area contributed by atoms with E-state index in [4.69, 9.17) is 0 Å². The summed E-state index contributed by atoms with van der Waals surface area (Å²) in [5.41, 5.74) is -0.0249. The van der Waals surface area contributed by atoms with E-state index in [2.05, 4.69) is 10.3 Å². The first-order chi connectivity index (χ1) is 8.52. The molecule has 2 rings (SSSR count). The summed E-state index contributed by atoms with van der Waals surface area (Å²) in [5.74, 6) is -1.65. The summed E-state index contributed by atoms with van der Waals surface area (Å²) in [5, 5.41) is 19.0. The molecule has 0 spiro atoms. The van der Waals surface area contributed by atoms with Crippen molar-refractivity contribution >= 4 is 16.9 Å². The second-order valence-corrected chi connectivity index (χ2v) is 4.36. The van der Waals surface area contributed by atoms with Crippen LogP contribution in [0.5, 0.6) is 0 Å². The molecule has 0 bridgehead atoms. The van der Waals surface area contributed by atoms with E-state index in [0.717, 1.165) is 4.68 Å². The van der Waals surface area contributed by atoms with Gasteiger partial charge < -0.3 is 9.90 Å². The second-order valence-electron chi connectivity index (χ2n) is 4.36. The van der Waals surface area contributed by atoms with Crippen LogP contribution in [0.3, 0.4) is 0 Å². The summed E-state index contributed by atoms with van der Waals surface area (Å²) in [6, 6.07) is 5.56. The fourth-order valence-corrected chi connectivity index (χ4v) is 1.84. The molecule has 0 radical (unpaired) electrons. The van der Waals surface area contributed by atoms with Gasteiger partial charge in [0.05, 0.1) is 17.4 Å². The third kappa shape index (κ3) is 1.97. The molecule has 94 valence electrons. The zero-order valence-corrected chi connectivity index (χ0v) is 10.0. The number of carboxylic acids is 1. The molecule has 1 aromatic heterocycles. The van der Waals surface area contributed by atoms with Gasteiger partial charge in [-0.3, -0.25) is 4.79 Å². The van der Waals surface area contributed by atoms with E-state index in [1.807, 2.05) is 0 Å². The van der Waals surface area contributed by atoms with Crippen molar-refractivity contribution in [3.8, 4) is 0 Å². The molecular formula is C12H12N3O3-. The van der Waals surface area contributed by atoms with Gasteiger partial charge in [0.1, 0.15) is 5.52 Å². The SMILES string of the molecule is CC(C)[C@H](C(=O)[O-])n1nnc2ccccc2c1=O. The highest BCUT2D eigenvalue weighted by atomic mass is 16.4. The first-order valence-electron chi connectivity index (χ1n) is 5.57. The molecule has 0 aliphatic carbocycles. The summed E-state index contributed by atoms with van der Waals surface area (Å²) < 4.78 is 0.877. The van der Waals surface area contributed by atoms with Crippen LogP contribution in [0.1, 0.15) is 19.9 Å². The van der Waals surface area contributed by atoms with E-state index in [9.17, 15) is 14.7 Å². The lowest BCUT2D eigenvalue weighted by atomic mass is 10.1. The molecule has 1 aromatic carbocycles. The molecule has 0 fully saturated rings. The van der Waals surface area contributed by atoms with Crippen LogP contribution in [0.2, 0.25) is 0 Å². The number of hydrogen-bond donors (Lipinski definition) is 0. The van der Waals surface area contributed by atoms with E-state index in [1.165, 1.54) is 0 Å². The average Bonchev–Trinajstić information content (AvgIpc) is 2.32. The van der Waals surface area contributed by atoms with Gasteiger partial charge >= 0.3 is 0 Å². The van der Waals surface area contributed by atoms with E-state index in [0.29, 0.717) is 10.9 Å². The molecule has 0 aliphatic heterocycles. The third-order valence-corrected chi connectivity index (χ3v) is 2.73. The quantitative estimate of drug-likeness (QED) is 0.744.